The van der Waals surface area contributed by atoms with Crippen molar-refractivity contribution < 1.29 is 9.59 Å². The predicted octanol–water partition coefficient (Wildman–Crippen LogP) is -0.290. The molecule has 2 N–H and O–H groups in total. The summed E-state index contributed by atoms with van der Waals surface area (Å²) in [6, 6.07) is -0.591. The number of amides is 2. The van der Waals surface area contributed by atoms with Gasteiger partial charge in [0.2, 0.25) is 11.7 Å². The Bertz CT molecular complexity index is 415. The van der Waals surface area contributed by atoms with E-state index in [1.165, 1.54) is 4.90 Å². The quantitative estimate of drug-likeness (QED) is 0.755. The van der Waals surface area contributed by atoms with E-state index in [2.05, 4.69) is 20.5 Å². The Labute approximate surface area is 99.6 Å². The molecule has 7 nitrogen and oxygen atoms in total. The molecule has 0 aliphatic rings. The number of aromatic nitrogens is 3. The third-order valence-electron chi connectivity index (χ3n) is 2.37. The fourth-order valence-corrected chi connectivity index (χ4v) is 1.25. The van der Waals surface area contributed by atoms with Crippen LogP contribution in [0, 0.1) is 6.92 Å². The van der Waals surface area contributed by atoms with Crippen LogP contribution in [0.4, 0.5) is 0 Å². The maximum atomic E-state index is 11.7. The number of rotatable bonds is 4. The number of aryl methyl sites for hydroxylation is 1. The Morgan fingerprint density at radius 3 is 2.65 bits per heavy atom. The Morgan fingerprint density at radius 1 is 1.53 bits per heavy atom. The van der Waals surface area contributed by atoms with Crippen molar-refractivity contribution in [1.29, 1.82) is 0 Å². The highest BCUT2D eigenvalue weighted by Crippen LogP contribution is 1.95. The number of H-pyrrole nitrogens is 1. The summed E-state index contributed by atoms with van der Waals surface area (Å²) in [6.45, 7) is 5.79. The standard InChI is InChI=1S/C10H17N5O2/c1-5-15(4)10(17)6(2)11-9(16)8-12-7(3)13-14-8/h6H,5H2,1-4H3,(H,11,16)(H,12,13,14). The van der Waals surface area contributed by atoms with E-state index in [1.54, 1.807) is 20.9 Å². The first kappa shape index (κ1) is 13.1. The molecule has 0 saturated carbocycles. The number of nitrogens with zero attached hydrogens (tertiary/aromatic N) is 3. The smallest absolute Gasteiger partial charge is 0.291 e. The predicted molar refractivity (Wildman–Crippen MR) is 61.4 cm³/mol. The number of carbonyl (C=O) groups is 2. The van der Waals surface area contributed by atoms with E-state index in [1.807, 2.05) is 6.92 Å². The van der Waals surface area contributed by atoms with Crippen molar-refractivity contribution >= 4 is 11.8 Å². The number of carbonyl (C=O) groups excluding carboxylic acids is 2. The fourth-order valence-electron chi connectivity index (χ4n) is 1.25. The van der Waals surface area contributed by atoms with Gasteiger partial charge in [0.05, 0.1) is 0 Å². The summed E-state index contributed by atoms with van der Waals surface area (Å²) in [5.41, 5.74) is 0. The van der Waals surface area contributed by atoms with Crippen molar-refractivity contribution in [1.82, 2.24) is 25.4 Å². The number of hydrogen-bond donors (Lipinski definition) is 2. The lowest BCUT2D eigenvalue weighted by Gasteiger charge is -2.19. The Kier molecular flexibility index (Phi) is 4.19. The van der Waals surface area contributed by atoms with Crippen molar-refractivity contribution in [2.45, 2.75) is 26.8 Å². The zero-order valence-corrected chi connectivity index (χ0v) is 10.4. The molecule has 0 bridgehead atoms. The molecule has 7 heteroatoms. The van der Waals surface area contributed by atoms with Gasteiger partial charge in [-0.3, -0.25) is 14.7 Å². The molecular weight excluding hydrogens is 222 g/mol. The molecule has 0 aliphatic carbocycles. The lowest BCUT2D eigenvalue weighted by Crippen LogP contribution is -2.45. The normalized spacial score (nSPS) is 12.0. The van der Waals surface area contributed by atoms with Gasteiger partial charge in [0.15, 0.2) is 0 Å². The minimum absolute atomic E-state index is 0.0429. The SMILES string of the molecule is CCN(C)C(=O)C(C)NC(=O)c1n[nH]c(C)n1. The Morgan fingerprint density at radius 2 is 2.18 bits per heavy atom. The highest BCUT2D eigenvalue weighted by atomic mass is 16.2. The Balaban J connectivity index is 2.60. The maximum absolute atomic E-state index is 11.7. The summed E-state index contributed by atoms with van der Waals surface area (Å²) in [6.07, 6.45) is 0. The summed E-state index contributed by atoms with van der Waals surface area (Å²) < 4.78 is 0. The van der Waals surface area contributed by atoms with Crippen LogP contribution in [0.5, 0.6) is 0 Å². The molecule has 0 aliphatic heterocycles. The Hall–Kier alpha value is -1.92. The first-order valence-corrected chi connectivity index (χ1v) is 5.40. The molecule has 94 valence electrons. The molecule has 0 spiro atoms. The first-order valence-electron chi connectivity index (χ1n) is 5.40. The molecule has 2 amide bonds. The molecule has 0 aromatic carbocycles. The zero-order chi connectivity index (χ0) is 13.0. The minimum Gasteiger partial charge on any atom is -0.344 e. The van der Waals surface area contributed by atoms with Crippen molar-refractivity contribution in [2.24, 2.45) is 0 Å². The summed E-state index contributed by atoms with van der Waals surface area (Å²) in [5, 5.41) is 8.84. The molecule has 1 heterocycles. The average Bonchev–Trinajstić information content (AvgIpc) is 2.73. The van der Waals surface area contributed by atoms with Crippen LogP contribution in [0.2, 0.25) is 0 Å². The summed E-state index contributed by atoms with van der Waals surface area (Å²) >= 11 is 0. The van der Waals surface area contributed by atoms with Crippen LogP contribution < -0.4 is 5.32 Å². The van der Waals surface area contributed by atoms with Gasteiger partial charge in [0.1, 0.15) is 11.9 Å². The highest BCUT2D eigenvalue weighted by molar-refractivity contribution is 5.94. The molecule has 1 rings (SSSR count). The van der Waals surface area contributed by atoms with Crippen LogP contribution in [0.3, 0.4) is 0 Å². The van der Waals surface area contributed by atoms with Gasteiger partial charge >= 0.3 is 0 Å². The van der Waals surface area contributed by atoms with Gasteiger partial charge in [0, 0.05) is 13.6 Å². The fraction of sp³-hybridized carbons (Fsp3) is 0.600. The maximum Gasteiger partial charge on any atom is 0.291 e. The molecule has 0 radical (unpaired) electrons. The van der Waals surface area contributed by atoms with Crippen LogP contribution in [0.25, 0.3) is 0 Å². The van der Waals surface area contributed by atoms with Gasteiger partial charge in [-0.2, -0.15) is 0 Å². The molecule has 17 heavy (non-hydrogen) atoms. The van der Waals surface area contributed by atoms with Crippen LogP contribution in [0.1, 0.15) is 30.3 Å². The molecule has 1 atom stereocenters. The van der Waals surface area contributed by atoms with Crippen molar-refractivity contribution in [3.8, 4) is 0 Å². The molecular formula is C10H17N5O2. The molecule has 0 saturated heterocycles. The van der Waals surface area contributed by atoms with Crippen molar-refractivity contribution in [3.63, 3.8) is 0 Å². The second kappa shape index (κ2) is 5.42. The largest absolute Gasteiger partial charge is 0.344 e. The van der Waals surface area contributed by atoms with Crippen LogP contribution in [-0.2, 0) is 4.79 Å². The molecule has 1 unspecified atom stereocenters. The van der Waals surface area contributed by atoms with Crippen LogP contribution in [-0.4, -0.2) is 51.5 Å². The van der Waals surface area contributed by atoms with E-state index in [4.69, 9.17) is 0 Å². The van der Waals surface area contributed by atoms with E-state index < -0.39 is 11.9 Å². The van der Waals surface area contributed by atoms with Gasteiger partial charge in [-0.05, 0) is 20.8 Å². The van der Waals surface area contributed by atoms with Crippen molar-refractivity contribution in [3.05, 3.63) is 11.6 Å². The number of nitrogens with one attached hydrogen (secondary N) is 2. The van der Waals surface area contributed by atoms with Gasteiger partial charge in [-0.25, -0.2) is 4.98 Å². The van der Waals surface area contributed by atoms with E-state index in [9.17, 15) is 9.59 Å². The lowest BCUT2D eigenvalue weighted by molar-refractivity contribution is -0.131. The monoisotopic (exact) mass is 239 g/mol. The van der Waals surface area contributed by atoms with Crippen molar-refractivity contribution in [2.75, 3.05) is 13.6 Å². The number of hydrogen-bond acceptors (Lipinski definition) is 4. The molecule has 1 aromatic rings. The van der Waals surface area contributed by atoms with Gasteiger partial charge in [0.25, 0.3) is 5.91 Å². The molecule has 0 fully saturated rings. The summed E-state index contributed by atoms with van der Waals surface area (Å²) in [7, 11) is 1.68. The van der Waals surface area contributed by atoms with Gasteiger partial charge in [-0.1, -0.05) is 0 Å². The summed E-state index contributed by atoms with van der Waals surface area (Å²) in [4.78, 5) is 28.8. The first-order chi connectivity index (χ1) is 7.95. The van der Waals surface area contributed by atoms with E-state index >= 15 is 0 Å². The van der Waals surface area contributed by atoms with Gasteiger partial charge < -0.3 is 10.2 Å². The lowest BCUT2D eigenvalue weighted by atomic mass is 10.3. The minimum atomic E-state index is -0.591. The molecule has 1 aromatic heterocycles. The number of likely N-dealkylation sites (N-methyl/N-ethyl adjacent to an activating group) is 1. The third-order valence-corrected chi connectivity index (χ3v) is 2.37. The number of aromatic amines is 1. The topological polar surface area (TPSA) is 91.0 Å². The van der Waals surface area contributed by atoms with Crippen LogP contribution >= 0.6 is 0 Å². The van der Waals surface area contributed by atoms with E-state index in [0.717, 1.165) is 0 Å². The average molecular weight is 239 g/mol. The highest BCUT2D eigenvalue weighted by Gasteiger charge is 2.20. The third kappa shape index (κ3) is 3.27. The van der Waals surface area contributed by atoms with E-state index in [-0.39, 0.29) is 11.7 Å². The summed E-state index contributed by atoms with van der Waals surface area (Å²) in [5.74, 6) is -0.00563. The van der Waals surface area contributed by atoms with Crippen LogP contribution in [0.15, 0.2) is 0 Å². The second-order valence-corrected chi connectivity index (χ2v) is 3.79. The second-order valence-electron chi connectivity index (χ2n) is 3.79. The van der Waals surface area contributed by atoms with Gasteiger partial charge in [-0.15, -0.1) is 5.10 Å². The van der Waals surface area contributed by atoms with E-state index in [0.29, 0.717) is 12.4 Å². The zero-order valence-electron chi connectivity index (χ0n) is 10.4.